The molecule has 0 fully saturated rings. The average molecular weight is 706 g/mol. The molecule has 1 amide bonds. The highest BCUT2D eigenvalue weighted by Crippen LogP contribution is 2.34. The van der Waals surface area contributed by atoms with Crippen LogP contribution in [0.25, 0.3) is 0 Å². The maximum absolute atomic E-state index is 12.8. The van der Waals surface area contributed by atoms with Gasteiger partial charge in [0.2, 0.25) is 0 Å². The van der Waals surface area contributed by atoms with E-state index in [1.807, 2.05) is 18.2 Å². The number of hydrogen-bond donors (Lipinski definition) is 3. The Morgan fingerprint density at radius 1 is 1.09 bits per heavy atom. The Hall–Kier alpha value is -3.64. The molecule has 0 radical (unpaired) electrons. The molecular formula is C30H27BrCl2N4O5S. The van der Waals surface area contributed by atoms with Gasteiger partial charge in [0.25, 0.3) is 5.91 Å². The van der Waals surface area contributed by atoms with Gasteiger partial charge in [-0.3, -0.25) is 4.79 Å². The van der Waals surface area contributed by atoms with Crippen LogP contribution in [0, 0.1) is 0 Å². The lowest BCUT2D eigenvalue weighted by Gasteiger charge is -2.30. The predicted molar refractivity (Wildman–Crippen MR) is 174 cm³/mol. The maximum Gasteiger partial charge on any atom is 0.338 e. The summed E-state index contributed by atoms with van der Waals surface area (Å²) in [7, 11) is 0. The van der Waals surface area contributed by atoms with Crippen LogP contribution in [0.3, 0.4) is 0 Å². The van der Waals surface area contributed by atoms with Crippen LogP contribution >= 0.6 is 51.3 Å². The van der Waals surface area contributed by atoms with Gasteiger partial charge in [-0.1, -0.05) is 53.5 Å². The summed E-state index contributed by atoms with van der Waals surface area (Å²) in [6, 6.07) is 17.1. The summed E-state index contributed by atoms with van der Waals surface area (Å²) in [6.45, 7) is 3.60. The molecule has 9 nitrogen and oxygen atoms in total. The first-order valence-electron chi connectivity index (χ1n) is 13.0. The van der Waals surface area contributed by atoms with Gasteiger partial charge in [-0.25, -0.2) is 10.2 Å². The second kappa shape index (κ2) is 15.2. The summed E-state index contributed by atoms with van der Waals surface area (Å²) in [6.07, 6.45) is 1.43. The fraction of sp³-hybridized carbons (Fsp3) is 0.200. The van der Waals surface area contributed by atoms with E-state index in [1.54, 1.807) is 56.3 Å². The lowest BCUT2D eigenvalue weighted by atomic mass is 9.95. The number of ether oxygens (including phenoxy) is 3. The number of carbonyl (C=O) groups excluding carboxylic acids is 2. The van der Waals surface area contributed by atoms with Crippen LogP contribution < -0.4 is 25.5 Å². The molecule has 43 heavy (non-hydrogen) atoms. The number of amides is 1. The normalized spacial score (nSPS) is 14.6. The van der Waals surface area contributed by atoms with Crippen molar-refractivity contribution in [3.63, 3.8) is 0 Å². The summed E-state index contributed by atoms with van der Waals surface area (Å²) >= 11 is 21.1. The number of nitrogens with zero attached hydrogens (tertiary/aromatic N) is 1. The Balaban J connectivity index is 1.44. The van der Waals surface area contributed by atoms with E-state index in [1.165, 1.54) is 6.21 Å². The first-order chi connectivity index (χ1) is 20.7. The molecule has 0 aromatic heterocycles. The summed E-state index contributed by atoms with van der Waals surface area (Å²) < 4.78 is 17.7. The third kappa shape index (κ3) is 8.70. The third-order valence-corrected chi connectivity index (χ3v) is 7.32. The maximum atomic E-state index is 12.8. The molecule has 0 saturated carbocycles. The highest BCUT2D eigenvalue weighted by atomic mass is 79.9. The van der Waals surface area contributed by atoms with Crippen LogP contribution in [-0.4, -0.2) is 36.4 Å². The molecule has 1 atom stereocenters. The SMILES string of the molecule is CCOC(=O)C1=C(C)NC(=S)N[C@H]1c1ccccc1OCC(=O)NN=Cc1cc(Cl)cc(Br)c1OCc1cccc(Cl)c1. The van der Waals surface area contributed by atoms with Crippen LogP contribution in [0.2, 0.25) is 10.0 Å². The lowest BCUT2D eigenvalue weighted by molar-refractivity contribution is -0.139. The number of hydrazone groups is 1. The Bertz CT molecular complexity index is 1600. The van der Waals surface area contributed by atoms with E-state index in [-0.39, 0.29) is 19.8 Å². The molecule has 1 aliphatic heterocycles. The molecule has 1 aliphatic rings. The number of para-hydroxylation sites is 1. The number of allylic oxidation sites excluding steroid dienone is 1. The van der Waals surface area contributed by atoms with Gasteiger partial charge in [0, 0.05) is 26.9 Å². The zero-order valence-corrected chi connectivity index (χ0v) is 27.0. The molecule has 3 aromatic carbocycles. The van der Waals surface area contributed by atoms with E-state index in [0.717, 1.165) is 5.56 Å². The minimum absolute atomic E-state index is 0.216. The molecule has 0 aliphatic carbocycles. The van der Waals surface area contributed by atoms with E-state index < -0.39 is 17.9 Å². The molecule has 4 rings (SSSR count). The largest absolute Gasteiger partial charge is 0.487 e. The summed E-state index contributed by atoms with van der Waals surface area (Å²) in [5, 5.41) is 11.5. The number of nitrogens with one attached hydrogen (secondary N) is 3. The van der Waals surface area contributed by atoms with Crippen molar-refractivity contribution in [1.29, 1.82) is 0 Å². The second-order valence-corrected chi connectivity index (χ2v) is 11.3. The molecular weight excluding hydrogens is 679 g/mol. The van der Waals surface area contributed by atoms with Crippen LogP contribution in [0.5, 0.6) is 11.5 Å². The minimum atomic E-state index is -0.642. The fourth-order valence-electron chi connectivity index (χ4n) is 4.22. The van der Waals surface area contributed by atoms with Gasteiger partial charge >= 0.3 is 5.97 Å². The number of benzene rings is 3. The van der Waals surface area contributed by atoms with E-state index >= 15 is 0 Å². The fourth-order valence-corrected chi connectivity index (χ4v) is 5.65. The standard InChI is InChI=1S/C30H27BrCl2N4O5S/c1-3-40-29(39)26-17(2)35-30(43)36-27(26)22-9-4-5-10-24(22)41-16-25(38)37-34-14-19-12-21(33)13-23(31)28(19)42-15-18-7-6-8-20(32)11-18/h4-14,27H,3,15-16H2,1-2H3,(H,37,38)(H2,35,36,43)/t27-/m0/s1. The van der Waals surface area contributed by atoms with Crippen molar-refractivity contribution in [3.05, 3.63) is 103 Å². The van der Waals surface area contributed by atoms with E-state index in [0.29, 0.717) is 53.5 Å². The summed E-state index contributed by atoms with van der Waals surface area (Å²) in [5.74, 6) is -0.132. The average Bonchev–Trinajstić information content (AvgIpc) is 2.95. The zero-order valence-electron chi connectivity index (χ0n) is 23.1. The van der Waals surface area contributed by atoms with Crippen LogP contribution in [0.1, 0.15) is 36.6 Å². The number of rotatable bonds is 11. The molecule has 224 valence electrons. The van der Waals surface area contributed by atoms with Gasteiger partial charge in [0.1, 0.15) is 18.1 Å². The Labute approximate surface area is 272 Å². The quantitative estimate of drug-likeness (QED) is 0.0934. The molecule has 0 saturated heterocycles. The first-order valence-corrected chi connectivity index (χ1v) is 15.0. The summed E-state index contributed by atoms with van der Waals surface area (Å²) in [5.41, 5.74) is 5.40. The topological polar surface area (TPSA) is 110 Å². The molecule has 0 bridgehead atoms. The first kappa shape index (κ1) is 32.3. The Morgan fingerprint density at radius 2 is 1.88 bits per heavy atom. The van der Waals surface area contributed by atoms with Crippen LogP contribution in [0.4, 0.5) is 0 Å². The highest BCUT2D eigenvalue weighted by molar-refractivity contribution is 9.10. The molecule has 1 heterocycles. The van der Waals surface area contributed by atoms with Gasteiger partial charge in [0.15, 0.2) is 11.7 Å². The third-order valence-electron chi connectivity index (χ3n) is 6.06. The summed E-state index contributed by atoms with van der Waals surface area (Å²) in [4.78, 5) is 25.4. The van der Waals surface area contributed by atoms with Crippen molar-refractivity contribution in [2.75, 3.05) is 13.2 Å². The van der Waals surface area contributed by atoms with Crippen molar-refractivity contribution in [2.24, 2.45) is 5.10 Å². The lowest BCUT2D eigenvalue weighted by Crippen LogP contribution is -2.45. The van der Waals surface area contributed by atoms with Crippen LogP contribution in [-0.2, 0) is 20.9 Å². The van der Waals surface area contributed by atoms with Crippen molar-refractivity contribution in [3.8, 4) is 11.5 Å². The van der Waals surface area contributed by atoms with E-state index in [4.69, 9.17) is 49.6 Å². The molecule has 0 unspecified atom stereocenters. The van der Waals surface area contributed by atoms with Gasteiger partial charge in [0.05, 0.1) is 28.9 Å². The zero-order chi connectivity index (χ0) is 30.9. The minimum Gasteiger partial charge on any atom is -0.487 e. The van der Waals surface area contributed by atoms with Crippen molar-refractivity contribution < 1.29 is 23.8 Å². The van der Waals surface area contributed by atoms with Gasteiger partial charge in [-0.15, -0.1) is 0 Å². The number of halogens is 3. The van der Waals surface area contributed by atoms with Gasteiger partial charge in [-0.05, 0) is 77.9 Å². The predicted octanol–water partition coefficient (Wildman–Crippen LogP) is 6.22. The van der Waals surface area contributed by atoms with Crippen LogP contribution in [0.15, 0.2) is 81.5 Å². The van der Waals surface area contributed by atoms with Crippen molar-refractivity contribution >= 4 is 74.6 Å². The van der Waals surface area contributed by atoms with Crippen molar-refractivity contribution in [2.45, 2.75) is 26.5 Å². The second-order valence-electron chi connectivity index (χ2n) is 9.13. The Kier molecular flexibility index (Phi) is 11.4. The molecule has 13 heteroatoms. The smallest absolute Gasteiger partial charge is 0.338 e. The van der Waals surface area contributed by atoms with Crippen molar-refractivity contribution in [1.82, 2.24) is 16.1 Å². The number of hydrogen-bond acceptors (Lipinski definition) is 7. The molecule has 3 N–H and O–H groups in total. The number of esters is 1. The highest BCUT2D eigenvalue weighted by Gasteiger charge is 2.32. The number of thiocarbonyl (C=S) groups is 1. The van der Waals surface area contributed by atoms with Gasteiger partial charge in [-0.2, -0.15) is 5.10 Å². The Morgan fingerprint density at radius 3 is 2.65 bits per heavy atom. The van der Waals surface area contributed by atoms with Gasteiger partial charge < -0.3 is 24.8 Å². The van der Waals surface area contributed by atoms with E-state index in [2.05, 4.69) is 37.1 Å². The molecule has 3 aromatic rings. The number of carbonyl (C=O) groups is 2. The monoisotopic (exact) mass is 704 g/mol. The van der Waals surface area contributed by atoms with E-state index in [9.17, 15) is 9.59 Å². The molecule has 0 spiro atoms.